The van der Waals surface area contributed by atoms with Crippen LogP contribution < -0.4 is 0 Å². The van der Waals surface area contributed by atoms with Crippen LogP contribution in [0.4, 0.5) is 0 Å². The van der Waals surface area contributed by atoms with Gasteiger partial charge in [-0.1, -0.05) is 38.5 Å². The summed E-state index contributed by atoms with van der Waals surface area (Å²) in [7, 11) is 0. The fourth-order valence-electron chi connectivity index (χ4n) is 2.27. The molecule has 0 aliphatic rings. The maximum Gasteiger partial charge on any atom is 0.325 e. The van der Waals surface area contributed by atoms with Gasteiger partial charge in [-0.2, -0.15) is 0 Å². The summed E-state index contributed by atoms with van der Waals surface area (Å²) in [5.41, 5.74) is 2.42. The molecule has 2 rings (SSSR count). The van der Waals surface area contributed by atoms with Gasteiger partial charge in [-0.25, -0.2) is 0 Å². The number of carbonyl (C=O) groups excluding carboxylic acids is 1. The molecule has 1 heterocycles. The lowest BCUT2D eigenvalue weighted by Gasteiger charge is -2.09. The lowest BCUT2D eigenvalue weighted by molar-refractivity contribution is -0.144. The molecule has 102 valence electrons. The fraction of sp³-hybridized carbons (Fsp3) is 0.438. The monoisotopic (exact) mass is 259 g/mol. The van der Waals surface area contributed by atoms with Crippen LogP contribution in [0, 0.1) is 0 Å². The highest BCUT2D eigenvalue weighted by atomic mass is 16.5. The number of esters is 1. The van der Waals surface area contributed by atoms with Crippen molar-refractivity contribution in [2.75, 3.05) is 6.61 Å². The van der Waals surface area contributed by atoms with Crippen LogP contribution in [0.2, 0.25) is 0 Å². The zero-order valence-electron chi connectivity index (χ0n) is 11.7. The number of aromatic nitrogens is 1. The molecular weight excluding hydrogens is 238 g/mol. The van der Waals surface area contributed by atoms with E-state index < -0.39 is 0 Å². The van der Waals surface area contributed by atoms with Gasteiger partial charge in [0.2, 0.25) is 0 Å². The summed E-state index contributed by atoms with van der Waals surface area (Å²) >= 11 is 0. The number of hydrogen-bond acceptors (Lipinski definition) is 2. The molecule has 2 aromatic rings. The summed E-state index contributed by atoms with van der Waals surface area (Å²) in [4.78, 5) is 11.8. The normalized spacial score (nSPS) is 10.8. The van der Waals surface area contributed by atoms with Crippen LogP contribution in [-0.4, -0.2) is 17.1 Å². The van der Waals surface area contributed by atoms with Gasteiger partial charge < -0.3 is 9.30 Å². The maximum atomic E-state index is 11.8. The molecule has 1 aromatic heterocycles. The molecule has 0 fully saturated rings. The number of para-hydroxylation sites is 1. The highest BCUT2D eigenvalue weighted by molar-refractivity contribution is 5.85. The Bertz CT molecular complexity index is 557. The smallest absolute Gasteiger partial charge is 0.325 e. The summed E-state index contributed by atoms with van der Waals surface area (Å²) in [6, 6.07) is 8.30. The van der Waals surface area contributed by atoms with Gasteiger partial charge in [0.25, 0.3) is 0 Å². The lowest BCUT2D eigenvalue weighted by Crippen LogP contribution is -2.14. The number of rotatable bonds is 6. The molecule has 19 heavy (non-hydrogen) atoms. The van der Waals surface area contributed by atoms with E-state index in [1.807, 2.05) is 16.8 Å². The molecule has 0 unspecified atom stereocenters. The third kappa shape index (κ3) is 3.16. The Hall–Kier alpha value is -1.77. The molecule has 0 spiro atoms. The molecule has 0 bridgehead atoms. The predicted octanol–water partition coefficient (Wildman–Crippen LogP) is 3.55. The van der Waals surface area contributed by atoms with E-state index >= 15 is 0 Å². The van der Waals surface area contributed by atoms with Crippen molar-refractivity contribution in [3.8, 4) is 0 Å². The maximum absolute atomic E-state index is 11.8. The first-order valence-corrected chi connectivity index (χ1v) is 6.98. The van der Waals surface area contributed by atoms with Gasteiger partial charge in [0.15, 0.2) is 0 Å². The van der Waals surface area contributed by atoms with Crippen molar-refractivity contribution in [1.29, 1.82) is 0 Å². The van der Waals surface area contributed by atoms with E-state index in [0.29, 0.717) is 13.2 Å². The summed E-state index contributed by atoms with van der Waals surface area (Å²) in [5, 5.41) is 1.18. The van der Waals surface area contributed by atoms with Crippen LogP contribution in [0.15, 0.2) is 30.5 Å². The average Bonchev–Trinajstić information content (AvgIpc) is 2.82. The Labute approximate surface area is 114 Å². The van der Waals surface area contributed by atoms with Crippen molar-refractivity contribution in [1.82, 2.24) is 4.57 Å². The van der Waals surface area contributed by atoms with Gasteiger partial charge in [-0.05, 0) is 29.9 Å². The number of ether oxygens (including phenoxy) is 1. The highest BCUT2D eigenvalue weighted by Crippen LogP contribution is 2.20. The van der Waals surface area contributed by atoms with Crippen LogP contribution in [0.1, 0.15) is 32.3 Å². The van der Waals surface area contributed by atoms with Crippen LogP contribution in [-0.2, 0) is 22.5 Å². The molecule has 0 radical (unpaired) electrons. The number of hydrogen-bond donors (Lipinski definition) is 0. The van der Waals surface area contributed by atoms with E-state index in [-0.39, 0.29) is 5.97 Å². The molecule has 3 nitrogen and oxygen atoms in total. The summed E-state index contributed by atoms with van der Waals surface area (Å²) in [5.74, 6) is -0.156. The number of aryl methyl sites for hydroxylation is 1. The average molecular weight is 259 g/mol. The van der Waals surface area contributed by atoms with Gasteiger partial charge in [0, 0.05) is 6.20 Å². The molecule has 0 saturated carbocycles. The van der Waals surface area contributed by atoms with Crippen LogP contribution >= 0.6 is 0 Å². The Kier molecular flexibility index (Phi) is 4.61. The minimum atomic E-state index is -0.156. The lowest BCUT2D eigenvalue weighted by atomic mass is 10.1. The second kappa shape index (κ2) is 6.41. The number of nitrogens with zero attached hydrogens (tertiary/aromatic N) is 1. The van der Waals surface area contributed by atoms with Crippen molar-refractivity contribution in [3.63, 3.8) is 0 Å². The largest absolute Gasteiger partial charge is 0.464 e. The van der Waals surface area contributed by atoms with Crippen molar-refractivity contribution in [2.45, 2.75) is 39.7 Å². The van der Waals surface area contributed by atoms with E-state index in [1.54, 1.807) is 0 Å². The molecule has 0 amide bonds. The fourth-order valence-corrected chi connectivity index (χ4v) is 2.27. The molecule has 3 heteroatoms. The van der Waals surface area contributed by atoms with E-state index in [2.05, 4.69) is 32.0 Å². The van der Waals surface area contributed by atoms with Crippen molar-refractivity contribution in [2.24, 2.45) is 0 Å². The van der Waals surface area contributed by atoms with Crippen molar-refractivity contribution < 1.29 is 9.53 Å². The van der Waals surface area contributed by atoms with Gasteiger partial charge in [-0.15, -0.1) is 0 Å². The van der Waals surface area contributed by atoms with E-state index in [1.165, 1.54) is 10.9 Å². The second-order valence-corrected chi connectivity index (χ2v) is 4.73. The summed E-state index contributed by atoms with van der Waals surface area (Å²) < 4.78 is 7.21. The minimum Gasteiger partial charge on any atom is -0.464 e. The van der Waals surface area contributed by atoms with Gasteiger partial charge in [-0.3, -0.25) is 4.79 Å². The minimum absolute atomic E-state index is 0.156. The summed E-state index contributed by atoms with van der Waals surface area (Å²) in [6.07, 6.45) is 4.90. The predicted molar refractivity (Wildman–Crippen MR) is 77.2 cm³/mol. The van der Waals surface area contributed by atoms with Crippen LogP contribution in [0.5, 0.6) is 0 Å². The quantitative estimate of drug-likeness (QED) is 0.587. The highest BCUT2D eigenvalue weighted by Gasteiger charge is 2.09. The van der Waals surface area contributed by atoms with Crippen LogP contribution in [0.25, 0.3) is 10.9 Å². The Balaban J connectivity index is 2.14. The third-order valence-electron chi connectivity index (χ3n) is 3.31. The zero-order valence-corrected chi connectivity index (χ0v) is 11.7. The van der Waals surface area contributed by atoms with Gasteiger partial charge >= 0.3 is 5.97 Å². The van der Waals surface area contributed by atoms with Crippen molar-refractivity contribution >= 4 is 16.9 Å². The van der Waals surface area contributed by atoms with Gasteiger partial charge in [0.05, 0.1) is 12.1 Å². The van der Waals surface area contributed by atoms with E-state index in [9.17, 15) is 4.79 Å². The Morgan fingerprint density at radius 1 is 1.26 bits per heavy atom. The standard InChI is InChI=1S/C16H21NO2/c1-3-5-11-19-15(18)12-17-10-9-14-8-6-7-13(4-2)16(14)17/h6-10H,3-5,11-12H2,1-2H3. The zero-order chi connectivity index (χ0) is 13.7. The molecule has 0 saturated heterocycles. The van der Waals surface area contributed by atoms with Crippen LogP contribution in [0.3, 0.4) is 0 Å². The number of benzene rings is 1. The molecule has 1 aromatic carbocycles. The molecule has 0 N–H and O–H groups in total. The summed E-state index contributed by atoms with van der Waals surface area (Å²) in [6.45, 7) is 5.03. The molecule has 0 aliphatic carbocycles. The van der Waals surface area contributed by atoms with Gasteiger partial charge in [0.1, 0.15) is 6.54 Å². The van der Waals surface area contributed by atoms with E-state index in [4.69, 9.17) is 4.74 Å². The first kappa shape index (κ1) is 13.7. The first-order valence-electron chi connectivity index (χ1n) is 6.98. The molecule has 0 aliphatic heterocycles. The molecular formula is C16H21NO2. The Morgan fingerprint density at radius 2 is 2.11 bits per heavy atom. The molecule has 0 atom stereocenters. The topological polar surface area (TPSA) is 31.2 Å². The third-order valence-corrected chi connectivity index (χ3v) is 3.31. The van der Waals surface area contributed by atoms with E-state index in [0.717, 1.165) is 24.8 Å². The second-order valence-electron chi connectivity index (χ2n) is 4.73. The SMILES string of the molecule is CCCCOC(=O)Cn1ccc2cccc(CC)c21. The Morgan fingerprint density at radius 3 is 2.84 bits per heavy atom. The number of fused-ring (bicyclic) bond motifs is 1. The number of unbranched alkanes of at least 4 members (excludes halogenated alkanes) is 1. The first-order chi connectivity index (χ1) is 9.26. The number of carbonyl (C=O) groups is 1. The van der Waals surface area contributed by atoms with Crippen molar-refractivity contribution in [3.05, 3.63) is 36.0 Å².